The molecule has 1 N–H and O–H groups in total. The number of non-ortho nitro benzene ring substituents is 1. The maximum Gasteiger partial charge on any atom is 0.270 e. The molecular weight excluding hydrogens is 343 g/mol. The highest BCUT2D eigenvalue weighted by Gasteiger charge is 2.17. The molecule has 0 spiro atoms. The van der Waals surface area contributed by atoms with Gasteiger partial charge < -0.3 is 10.1 Å². The van der Waals surface area contributed by atoms with Crippen molar-refractivity contribution in [3.05, 3.63) is 61.6 Å². The molecule has 0 radical (unpaired) electrons. The van der Waals surface area contributed by atoms with Gasteiger partial charge in [0, 0.05) is 23.2 Å². The Balaban J connectivity index is 2.33. The van der Waals surface area contributed by atoms with E-state index in [2.05, 4.69) is 5.32 Å². The summed E-state index contributed by atoms with van der Waals surface area (Å²) >= 11 is 12.0. The second-order valence-electron chi connectivity index (χ2n) is 4.68. The van der Waals surface area contributed by atoms with Crippen LogP contribution in [0, 0.1) is 17.0 Å². The van der Waals surface area contributed by atoms with Gasteiger partial charge in [-0.2, -0.15) is 0 Å². The van der Waals surface area contributed by atoms with E-state index in [4.69, 9.17) is 27.9 Å². The SMILES string of the molecule is COc1cc(Cl)c(C)cc1NC(=O)c1ccc([N+](=O)[O-])cc1Cl. The highest BCUT2D eigenvalue weighted by molar-refractivity contribution is 6.34. The van der Waals surface area contributed by atoms with Gasteiger partial charge in [-0.3, -0.25) is 14.9 Å². The lowest BCUT2D eigenvalue weighted by Gasteiger charge is -2.12. The number of rotatable bonds is 4. The first-order chi connectivity index (χ1) is 10.8. The highest BCUT2D eigenvalue weighted by Crippen LogP contribution is 2.32. The molecule has 120 valence electrons. The quantitative estimate of drug-likeness (QED) is 0.648. The van der Waals surface area contributed by atoms with Crippen LogP contribution in [0.15, 0.2) is 30.3 Å². The van der Waals surface area contributed by atoms with Gasteiger partial charge in [0.15, 0.2) is 0 Å². The van der Waals surface area contributed by atoms with Crippen molar-refractivity contribution >= 4 is 40.5 Å². The summed E-state index contributed by atoms with van der Waals surface area (Å²) in [5.74, 6) is -0.114. The molecular formula is C15H12Cl2N2O4. The van der Waals surface area contributed by atoms with Crippen LogP contribution < -0.4 is 10.1 Å². The molecule has 2 aromatic rings. The largest absolute Gasteiger partial charge is 0.495 e. The van der Waals surface area contributed by atoms with E-state index in [9.17, 15) is 14.9 Å². The van der Waals surface area contributed by atoms with Crippen LogP contribution in [0.3, 0.4) is 0 Å². The number of nitrogens with one attached hydrogen (secondary N) is 1. The number of aryl methyl sites for hydroxylation is 1. The zero-order chi connectivity index (χ0) is 17.1. The molecule has 23 heavy (non-hydrogen) atoms. The van der Waals surface area contributed by atoms with E-state index >= 15 is 0 Å². The van der Waals surface area contributed by atoms with Gasteiger partial charge >= 0.3 is 0 Å². The summed E-state index contributed by atoms with van der Waals surface area (Å²) in [7, 11) is 1.45. The van der Waals surface area contributed by atoms with E-state index in [1.54, 1.807) is 19.1 Å². The van der Waals surface area contributed by atoms with E-state index in [0.29, 0.717) is 16.5 Å². The van der Waals surface area contributed by atoms with Gasteiger partial charge in [-0.25, -0.2) is 0 Å². The number of methoxy groups -OCH3 is 1. The molecule has 0 fully saturated rings. The Morgan fingerprint density at radius 1 is 1.22 bits per heavy atom. The lowest BCUT2D eigenvalue weighted by atomic mass is 10.1. The van der Waals surface area contributed by atoms with Crippen LogP contribution in [-0.4, -0.2) is 17.9 Å². The third-order valence-corrected chi connectivity index (χ3v) is 3.86. The Morgan fingerprint density at radius 2 is 1.91 bits per heavy atom. The van der Waals surface area contributed by atoms with Crippen molar-refractivity contribution in [1.29, 1.82) is 0 Å². The maximum atomic E-state index is 12.3. The summed E-state index contributed by atoms with van der Waals surface area (Å²) < 4.78 is 5.18. The standard InChI is InChI=1S/C15H12Cl2N2O4/c1-8-5-13(14(23-2)7-11(8)16)18-15(20)10-4-3-9(19(21)22)6-12(10)17/h3-7H,1-2H3,(H,18,20). The smallest absolute Gasteiger partial charge is 0.270 e. The van der Waals surface area contributed by atoms with Crippen molar-refractivity contribution in [3.63, 3.8) is 0 Å². The zero-order valence-corrected chi connectivity index (χ0v) is 13.7. The van der Waals surface area contributed by atoms with Gasteiger partial charge in [-0.1, -0.05) is 23.2 Å². The summed E-state index contributed by atoms with van der Waals surface area (Å²) in [5.41, 5.74) is 1.12. The number of nitro benzene ring substituents is 1. The minimum Gasteiger partial charge on any atom is -0.495 e. The van der Waals surface area contributed by atoms with E-state index in [0.717, 1.165) is 11.6 Å². The first-order valence-corrected chi connectivity index (χ1v) is 7.18. The van der Waals surface area contributed by atoms with Crippen molar-refractivity contribution in [1.82, 2.24) is 0 Å². The van der Waals surface area contributed by atoms with Gasteiger partial charge in [0.05, 0.1) is 28.3 Å². The summed E-state index contributed by atoms with van der Waals surface area (Å²) in [5, 5.41) is 13.8. The zero-order valence-electron chi connectivity index (χ0n) is 12.2. The molecule has 0 aliphatic rings. The number of carbonyl (C=O) groups excluding carboxylic acids is 1. The van der Waals surface area contributed by atoms with Crippen LogP contribution >= 0.6 is 23.2 Å². The van der Waals surface area contributed by atoms with E-state index in [-0.39, 0.29) is 16.3 Å². The Hall–Kier alpha value is -2.31. The average molecular weight is 355 g/mol. The molecule has 0 saturated carbocycles. The van der Waals surface area contributed by atoms with E-state index < -0.39 is 10.8 Å². The Bertz CT molecular complexity index is 793. The molecule has 2 aromatic carbocycles. The van der Waals surface area contributed by atoms with Crippen molar-refractivity contribution in [2.24, 2.45) is 0 Å². The summed E-state index contributed by atoms with van der Waals surface area (Å²) in [4.78, 5) is 22.4. The Labute approximate surface area is 142 Å². The van der Waals surface area contributed by atoms with Crippen LogP contribution in [0.4, 0.5) is 11.4 Å². The molecule has 0 unspecified atom stereocenters. The lowest BCUT2D eigenvalue weighted by Crippen LogP contribution is -2.13. The van der Waals surface area contributed by atoms with Crippen LogP contribution in [0.5, 0.6) is 5.75 Å². The van der Waals surface area contributed by atoms with Gasteiger partial charge in [-0.05, 0) is 24.6 Å². The van der Waals surface area contributed by atoms with Crippen LogP contribution in [-0.2, 0) is 0 Å². The van der Waals surface area contributed by atoms with Crippen molar-refractivity contribution < 1.29 is 14.5 Å². The first-order valence-electron chi connectivity index (χ1n) is 6.43. The summed E-state index contributed by atoms with van der Waals surface area (Å²) in [6.45, 7) is 1.79. The van der Waals surface area contributed by atoms with Gasteiger partial charge in [0.25, 0.3) is 11.6 Å². The fourth-order valence-electron chi connectivity index (χ4n) is 1.92. The number of hydrogen-bond acceptors (Lipinski definition) is 4. The minimum atomic E-state index is -0.584. The van der Waals surface area contributed by atoms with E-state index in [1.807, 2.05) is 0 Å². The monoisotopic (exact) mass is 354 g/mol. The predicted octanol–water partition coefficient (Wildman–Crippen LogP) is 4.47. The van der Waals surface area contributed by atoms with E-state index in [1.165, 1.54) is 19.2 Å². The second-order valence-corrected chi connectivity index (χ2v) is 5.49. The minimum absolute atomic E-state index is 0.0126. The predicted molar refractivity (Wildman–Crippen MR) is 88.8 cm³/mol. The molecule has 0 aliphatic carbocycles. The highest BCUT2D eigenvalue weighted by atomic mass is 35.5. The Kier molecular flexibility index (Phi) is 5.08. The van der Waals surface area contributed by atoms with Crippen molar-refractivity contribution in [2.45, 2.75) is 6.92 Å². The van der Waals surface area contributed by atoms with Gasteiger partial charge in [0.1, 0.15) is 5.75 Å². The average Bonchev–Trinajstić information content (AvgIpc) is 2.50. The number of ether oxygens (including phenoxy) is 1. The topological polar surface area (TPSA) is 81.5 Å². The molecule has 0 heterocycles. The molecule has 8 heteroatoms. The van der Waals surface area contributed by atoms with Gasteiger partial charge in [0.2, 0.25) is 0 Å². The molecule has 0 atom stereocenters. The van der Waals surface area contributed by atoms with Crippen LogP contribution in [0.1, 0.15) is 15.9 Å². The van der Waals surface area contributed by atoms with Gasteiger partial charge in [-0.15, -0.1) is 0 Å². The van der Waals surface area contributed by atoms with Crippen molar-refractivity contribution in [3.8, 4) is 5.75 Å². The molecule has 0 saturated heterocycles. The summed E-state index contributed by atoms with van der Waals surface area (Å²) in [6, 6.07) is 6.89. The fraction of sp³-hybridized carbons (Fsp3) is 0.133. The van der Waals surface area contributed by atoms with Crippen molar-refractivity contribution in [2.75, 3.05) is 12.4 Å². The van der Waals surface area contributed by atoms with Crippen LogP contribution in [0.25, 0.3) is 0 Å². The number of carbonyl (C=O) groups is 1. The normalized spacial score (nSPS) is 10.3. The summed E-state index contributed by atoms with van der Waals surface area (Å²) in [6.07, 6.45) is 0. The molecule has 6 nitrogen and oxygen atoms in total. The molecule has 0 aromatic heterocycles. The molecule has 1 amide bonds. The Morgan fingerprint density at radius 3 is 2.48 bits per heavy atom. The number of nitrogens with zero attached hydrogens (tertiary/aromatic N) is 1. The number of hydrogen-bond donors (Lipinski definition) is 1. The third kappa shape index (κ3) is 3.72. The molecule has 0 bridgehead atoms. The second kappa shape index (κ2) is 6.85. The third-order valence-electron chi connectivity index (χ3n) is 3.14. The number of benzene rings is 2. The fourth-order valence-corrected chi connectivity index (χ4v) is 2.34. The number of amides is 1. The lowest BCUT2D eigenvalue weighted by molar-refractivity contribution is -0.384. The molecule has 2 rings (SSSR count). The number of halogens is 2. The maximum absolute atomic E-state index is 12.3. The molecule has 0 aliphatic heterocycles. The number of nitro groups is 1. The first kappa shape index (κ1) is 17.1. The number of anilines is 1. The van der Waals surface area contributed by atoms with Crippen LogP contribution in [0.2, 0.25) is 10.0 Å².